The smallest absolute Gasteiger partial charge is 0.325 e. The summed E-state index contributed by atoms with van der Waals surface area (Å²) in [5.74, 6) is -0.663. The molecule has 0 aromatic rings. The van der Waals surface area contributed by atoms with Crippen molar-refractivity contribution in [2.75, 3.05) is 20.1 Å². The van der Waals surface area contributed by atoms with Crippen LogP contribution >= 0.6 is 0 Å². The Labute approximate surface area is 68.9 Å². The van der Waals surface area contributed by atoms with Crippen LogP contribution in [-0.2, 0) is 9.59 Å². The van der Waals surface area contributed by atoms with Crippen LogP contribution in [0.2, 0.25) is 0 Å². The number of urea groups is 1. The van der Waals surface area contributed by atoms with Crippen LogP contribution in [0.15, 0.2) is 0 Å². The number of carbonyl (C=O) groups excluding carboxylic acids is 3. The van der Waals surface area contributed by atoms with E-state index in [4.69, 9.17) is 0 Å². The fourth-order valence-electron chi connectivity index (χ4n) is 0.863. The van der Waals surface area contributed by atoms with Crippen molar-refractivity contribution >= 4 is 17.8 Å². The maximum Gasteiger partial charge on any atom is 0.325 e. The minimum absolute atomic E-state index is 0.0355. The molecule has 1 aliphatic rings. The van der Waals surface area contributed by atoms with Gasteiger partial charge in [0.05, 0.1) is 0 Å². The number of amides is 4. The molecule has 2 N–H and O–H groups in total. The molecule has 0 radical (unpaired) electrons. The zero-order chi connectivity index (χ0) is 9.14. The minimum atomic E-state index is -0.511. The highest BCUT2D eigenvalue weighted by Crippen LogP contribution is 1.96. The third kappa shape index (κ3) is 1.71. The Morgan fingerprint density at radius 3 is 2.75 bits per heavy atom. The van der Waals surface area contributed by atoms with Gasteiger partial charge >= 0.3 is 6.03 Å². The summed E-state index contributed by atoms with van der Waals surface area (Å²) in [5, 5.41) is 4.42. The molecule has 6 heteroatoms. The molecule has 12 heavy (non-hydrogen) atoms. The zero-order valence-electron chi connectivity index (χ0n) is 6.59. The van der Waals surface area contributed by atoms with Gasteiger partial charge in [-0.3, -0.25) is 14.9 Å². The first-order chi connectivity index (χ1) is 5.63. The van der Waals surface area contributed by atoms with Crippen molar-refractivity contribution in [1.29, 1.82) is 0 Å². The van der Waals surface area contributed by atoms with E-state index in [1.807, 2.05) is 0 Å². The van der Waals surface area contributed by atoms with Gasteiger partial charge in [0.25, 0.3) is 0 Å². The lowest BCUT2D eigenvalue weighted by Gasteiger charge is -2.10. The second kappa shape index (κ2) is 3.21. The van der Waals surface area contributed by atoms with E-state index in [9.17, 15) is 14.4 Å². The van der Waals surface area contributed by atoms with Gasteiger partial charge < -0.3 is 10.2 Å². The molecule has 1 fully saturated rings. The zero-order valence-corrected chi connectivity index (χ0v) is 6.59. The Morgan fingerprint density at radius 1 is 1.67 bits per heavy atom. The number of carbonyl (C=O) groups is 3. The summed E-state index contributed by atoms with van der Waals surface area (Å²) in [7, 11) is 1.47. The van der Waals surface area contributed by atoms with E-state index in [2.05, 4.69) is 10.6 Å². The van der Waals surface area contributed by atoms with E-state index in [1.54, 1.807) is 0 Å². The third-order valence-electron chi connectivity index (χ3n) is 1.48. The molecule has 66 valence electrons. The van der Waals surface area contributed by atoms with Gasteiger partial charge in [0, 0.05) is 7.05 Å². The Morgan fingerprint density at radius 2 is 2.33 bits per heavy atom. The normalized spacial score (nSPS) is 16.2. The summed E-state index contributed by atoms with van der Waals surface area (Å²) >= 11 is 0. The number of hydrogen-bond acceptors (Lipinski definition) is 3. The number of likely N-dealkylation sites (N-methyl/N-ethyl adjacent to an activating group) is 1. The summed E-state index contributed by atoms with van der Waals surface area (Å²) in [5.41, 5.74) is 0. The molecular formula is C6H9N3O3. The Balaban J connectivity index is 2.48. The van der Waals surface area contributed by atoms with Crippen molar-refractivity contribution in [2.45, 2.75) is 0 Å². The molecule has 1 heterocycles. The molecule has 0 saturated carbocycles. The monoisotopic (exact) mass is 171 g/mol. The molecule has 0 aliphatic carbocycles. The van der Waals surface area contributed by atoms with Gasteiger partial charge in [-0.05, 0) is 0 Å². The lowest BCUT2D eigenvalue weighted by atomic mass is 10.5. The number of rotatable bonds is 2. The topological polar surface area (TPSA) is 78.5 Å². The molecule has 0 aromatic heterocycles. The van der Waals surface area contributed by atoms with Crippen LogP contribution in [0.3, 0.4) is 0 Å². The molecule has 6 nitrogen and oxygen atoms in total. The standard InChI is InChI=1S/C6H9N3O3/c1-7-4(10)2-9-3-5(11)8-6(9)12/h2-3H2,1H3,(H,7,10)(H,8,11,12). The fraction of sp³-hybridized carbons (Fsp3) is 0.500. The van der Waals surface area contributed by atoms with Crippen molar-refractivity contribution in [3.05, 3.63) is 0 Å². The SMILES string of the molecule is CNC(=O)CN1CC(=O)NC1=O. The molecule has 0 atom stereocenters. The van der Waals surface area contributed by atoms with Crippen LogP contribution in [0.25, 0.3) is 0 Å². The molecule has 4 amide bonds. The van der Waals surface area contributed by atoms with Crippen LogP contribution in [0.1, 0.15) is 0 Å². The summed E-state index contributed by atoms with van der Waals surface area (Å²) < 4.78 is 0. The molecule has 1 aliphatic heterocycles. The van der Waals surface area contributed by atoms with Gasteiger partial charge in [0.1, 0.15) is 13.1 Å². The third-order valence-corrected chi connectivity index (χ3v) is 1.48. The van der Waals surface area contributed by atoms with Gasteiger partial charge in [0.15, 0.2) is 0 Å². The highest BCUT2D eigenvalue weighted by Gasteiger charge is 2.27. The molecule has 1 saturated heterocycles. The van der Waals surface area contributed by atoms with Crippen LogP contribution in [-0.4, -0.2) is 42.9 Å². The number of nitrogens with zero attached hydrogens (tertiary/aromatic N) is 1. The number of hydrogen-bond donors (Lipinski definition) is 2. The van der Waals surface area contributed by atoms with E-state index < -0.39 is 6.03 Å². The molecule has 0 unspecified atom stereocenters. The summed E-state index contributed by atoms with van der Waals surface area (Å²) in [6.45, 7) is -0.111. The van der Waals surface area contributed by atoms with Crippen molar-refractivity contribution in [2.24, 2.45) is 0 Å². The minimum Gasteiger partial charge on any atom is -0.358 e. The van der Waals surface area contributed by atoms with Crippen LogP contribution in [0.4, 0.5) is 4.79 Å². The van der Waals surface area contributed by atoms with Crippen molar-refractivity contribution < 1.29 is 14.4 Å². The van der Waals surface area contributed by atoms with E-state index in [0.717, 1.165) is 4.90 Å². The van der Waals surface area contributed by atoms with Crippen molar-refractivity contribution in [3.63, 3.8) is 0 Å². The van der Waals surface area contributed by atoms with E-state index in [-0.39, 0.29) is 24.9 Å². The Kier molecular flexibility index (Phi) is 2.27. The van der Waals surface area contributed by atoms with Crippen molar-refractivity contribution in [1.82, 2.24) is 15.5 Å². The van der Waals surface area contributed by atoms with Gasteiger partial charge in [-0.25, -0.2) is 4.79 Å². The highest BCUT2D eigenvalue weighted by atomic mass is 16.2. The summed E-state index contributed by atoms with van der Waals surface area (Å²) in [6, 6.07) is -0.511. The largest absolute Gasteiger partial charge is 0.358 e. The molecule has 0 aromatic carbocycles. The predicted molar refractivity (Wildman–Crippen MR) is 39.2 cm³/mol. The summed E-state index contributed by atoms with van der Waals surface area (Å²) in [4.78, 5) is 33.4. The predicted octanol–water partition coefficient (Wildman–Crippen LogP) is -1.72. The van der Waals surface area contributed by atoms with Crippen molar-refractivity contribution in [3.8, 4) is 0 Å². The number of nitrogens with one attached hydrogen (secondary N) is 2. The molecule has 0 spiro atoms. The second-order valence-electron chi connectivity index (χ2n) is 2.38. The van der Waals surface area contributed by atoms with Gasteiger partial charge in [-0.2, -0.15) is 0 Å². The quantitative estimate of drug-likeness (QED) is 0.485. The maximum atomic E-state index is 10.9. The van der Waals surface area contributed by atoms with E-state index >= 15 is 0 Å². The lowest BCUT2D eigenvalue weighted by molar-refractivity contribution is -0.121. The number of imide groups is 1. The average molecular weight is 171 g/mol. The fourth-order valence-corrected chi connectivity index (χ4v) is 0.863. The molecule has 1 rings (SSSR count). The first-order valence-corrected chi connectivity index (χ1v) is 3.43. The van der Waals surface area contributed by atoms with Gasteiger partial charge in [-0.1, -0.05) is 0 Å². The van der Waals surface area contributed by atoms with Crippen LogP contribution < -0.4 is 10.6 Å². The van der Waals surface area contributed by atoms with Crippen LogP contribution in [0.5, 0.6) is 0 Å². The van der Waals surface area contributed by atoms with Gasteiger partial charge in [0.2, 0.25) is 11.8 Å². The van der Waals surface area contributed by atoms with Gasteiger partial charge in [-0.15, -0.1) is 0 Å². The lowest BCUT2D eigenvalue weighted by Crippen LogP contribution is -2.37. The Hall–Kier alpha value is -1.59. The second-order valence-corrected chi connectivity index (χ2v) is 2.38. The van der Waals surface area contributed by atoms with Crippen LogP contribution in [0, 0.1) is 0 Å². The molecule has 0 bridgehead atoms. The highest BCUT2D eigenvalue weighted by molar-refractivity contribution is 6.03. The average Bonchev–Trinajstić information content (AvgIpc) is 2.30. The summed E-state index contributed by atoms with van der Waals surface area (Å²) in [6.07, 6.45) is 0. The first kappa shape index (κ1) is 8.51. The van der Waals surface area contributed by atoms with E-state index in [1.165, 1.54) is 7.05 Å². The maximum absolute atomic E-state index is 10.9. The Bertz CT molecular complexity index is 238. The first-order valence-electron chi connectivity index (χ1n) is 3.43. The van der Waals surface area contributed by atoms with E-state index in [0.29, 0.717) is 0 Å². The molecular weight excluding hydrogens is 162 g/mol.